The van der Waals surface area contributed by atoms with Gasteiger partial charge in [0.25, 0.3) is 0 Å². The van der Waals surface area contributed by atoms with Gasteiger partial charge >= 0.3 is 0 Å². The Hall–Kier alpha value is -0.650. The molecule has 3 nitrogen and oxygen atoms in total. The Kier molecular flexibility index (Phi) is 1.56. The average molecular weight is 259 g/mol. The van der Waals surface area contributed by atoms with Crippen molar-refractivity contribution in [2.45, 2.75) is 0 Å². The van der Waals surface area contributed by atoms with Gasteiger partial charge in [-0.05, 0) is 12.1 Å². The van der Waals surface area contributed by atoms with Gasteiger partial charge in [0.2, 0.25) is 0 Å². The molecule has 0 amide bonds. The lowest BCUT2D eigenvalue weighted by Crippen LogP contribution is -1.91. The van der Waals surface area contributed by atoms with Crippen LogP contribution in [0, 0.1) is 3.83 Å². The number of hydrogen-bond donors (Lipinski definition) is 0. The predicted molar refractivity (Wildman–Crippen MR) is 51.2 cm³/mol. The second-order valence-electron chi connectivity index (χ2n) is 2.29. The van der Waals surface area contributed by atoms with E-state index >= 15 is 0 Å². The quantitative estimate of drug-likeness (QED) is 0.672. The minimum atomic E-state index is 0.942. The summed E-state index contributed by atoms with van der Waals surface area (Å²) in [5, 5.41) is 0. The van der Waals surface area contributed by atoms with Gasteiger partial charge < -0.3 is 4.57 Å². The fourth-order valence-electron chi connectivity index (χ4n) is 0.996. The highest BCUT2D eigenvalue weighted by Gasteiger charge is 2.03. The smallest absolute Gasteiger partial charge is 0.173 e. The molecule has 0 atom stereocenters. The molecule has 0 aliphatic rings. The van der Waals surface area contributed by atoms with E-state index in [1.165, 1.54) is 0 Å². The fourth-order valence-corrected chi connectivity index (χ4v) is 1.48. The molecular formula is C7H6IN3. The van der Waals surface area contributed by atoms with E-state index in [1.54, 1.807) is 6.20 Å². The van der Waals surface area contributed by atoms with Crippen molar-refractivity contribution in [2.24, 2.45) is 7.05 Å². The van der Waals surface area contributed by atoms with Gasteiger partial charge in [0, 0.05) is 35.8 Å². The van der Waals surface area contributed by atoms with Crippen LogP contribution in [0.15, 0.2) is 18.3 Å². The van der Waals surface area contributed by atoms with Crippen LogP contribution in [0.25, 0.3) is 11.2 Å². The average Bonchev–Trinajstić information content (AvgIpc) is 2.30. The first kappa shape index (κ1) is 7.02. The van der Waals surface area contributed by atoms with E-state index in [4.69, 9.17) is 0 Å². The molecule has 0 aliphatic carbocycles. The van der Waals surface area contributed by atoms with Gasteiger partial charge in [0.1, 0.15) is 5.52 Å². The van der Waals surface area contributed by atoms with Crippen LogP contribution in [0.3, 0.4) is 0 Å². The molecule has 0 N–H and O–H groups in total. The number of nitrogens with zero attached hydrogens (tertiary/aromatic N) is 3. The lowest BCUT2D eigenvalue weighted by Gasteiger charge is -1.91. The van der Waals surface area contributed by atoms with Crippen LogP contribution in [0.5, 0.6) is 0 Å². The number of aryl methyl sites for hydroxylation is 1. The number of pyridine rings is 1. The van der Waals surface area contributed by atoms with Gasteiger partial charge in [-0.15, -0.1) is 0 Å². The summed E-state index contributed by atoms with van der Waals surface area (Å²) in [5.41, 5.74) is 1.90. The van der Waals surface area contributed by atoms with Crippen LogP contribution >= 0.6 is 22.6 Å². The molecule has 0 aromatic carbocycles. The van der Waals surface area contributed by atoms with Crippen LogP contribution in [-0.2, 0) is 7.05 Å². The Morgan fingerprint density at radius 2 is 2.36 bits per heavy atom. The van der Waals surface area contributed by atoms with Crippen molar-refractivity contribution < 1.29 is 0 Å². The molecule has 2 heterocycles. The normalized spacial score (nSPS) is 10.7. The molecule has 0 saturated carbocycles. The van der Waals surface area contributed by atoms with E-state index in [-0.39, 0.29) is 0 Å². The Labute approximate surface area is 77.6 Å². The standard InChI is InChI=1S/C7H6IN3/c1-11-6-5(10-7(11)8)3-2-4-9-6/h2-4H,1H3. The largest absolute Gasteiger partial charge is 0.307 e. The highest BCUT2D eigenvalue weighted by atomic mass is 127. The fraction of sp³-hybridized carbons (Fsp3) is 0.143. The third-order valence-electron chi connectivity index (χ3n) is 1.57. The van der Waals surface area contributed by atoms with Gasteiger partial charge in [-0.25, -0.2) is 9.97 Å². The van der Waals surface area contributed by atoms with Crippen molar-refractivity contribution in [3.05, 3.63) is 22.2 Å². The van der Waals surface area contributed by atoms with Crippen molar-refractivity contribution in [3.63, 3.8) is 0 Å². The zero-order chi connectivity index (χ0) is 7.84. The monoisotopic (exact) mass is 259 g/mol. The molecule has 0 unspecified atom stereocenters. The van der Waals surface area contributed by atoms with E-state index in [0.29, 0.717) is 0 Å². The van der Waals surface area contributed by atoms with Crippen molar-refractivity contribution in [2.75, 3.05) is 0 Å². The third kappa shape index (κ3) is 1.01. The highest BCUT2D eigenvalue weighted by Crippen LogP contribution is 2.12. The summed E-state index contributed by atoms with van der Waals surface area (Å²) in [7, 11) is 1.96. The minimum Gasteiger partial charge on any atom is -0.307 e. The molecule has 2 rings (SSSR count). The van der Waals surface area contributed by atoms with E-state index in [1.807, 2.05) is 23.7 Å². The van der Waals surface area contributed by atoms with Crippen molar-refractivity contribution in [3.8, 4) is 0 Å². The molecule has 0 bridgehead atoms. The van der Waals surface area contributed by atoms with Gasteiger partial charge in [0.05, 0.1) is 0 Å². The molecule has 2 aromatic rings. The van der Waals surface area contributed by atoms with Crippen molar-refractivity contribution in [1.82, 2.24) is 14.5 Å². The van der Waals surface area contributed by atoms with Crippen LogP contribution in [-0.4, -0.2) is 14.5 Å². The summed E-state index contributed by atoms with van der Waals surface area (Å²) in [6.45, 7) is 0. The first-order valence-corrected chi connectivity index (χ1v) is 4.30. The van der Waals surface area contributed by atoms with Crippen molar-refractivity contribution in [1.29, 1.82) is 0 Å². The SMILES string of the molecule is Cn1c(I)nc2cccnc21. The van der Waals surface area contributed by atoms with Gasteiger partial charge in [-0.2, -0.15) is 0 Å². The molecule has 0 fully saturated rings. The van der Waals surface area contributed by atoms with Crippen LogP contribution in [0.1, 0.15) is 0 Å². The summed E-state index contributed by atoms with van der Waals surface area (Å²) in [6, 6.07) is 3.86. The zero-order valence-corrected chi connectivity index (χ0v) is 8.11. The number of hydrogen-bond acceptors (Lipinski definition) is 2. The van der Waals surface area contributed by atoms with Crippen LogP contribution in [0.4, 0.5) is 0 Å². The zero-order valence-electron chi connectivity index (χ0n) is 5.95. The molecule has 0 spiro atoms. The highest BCUT2D eigenvalue weighted by molar-refractivity contribution is 14.1. The second kappa shape index (κ2) is 2.44. The Bertz CT molecular complexity index is 393. The summed E-state index contributed by atoms with van der Waals surface area (Å²) in [5.74, 6) is 0. The van der Waals surface area contributed by atoms with Gasteiger partial charge in [0.15, 0.2) is 9.48 Å². The second-order valence-corrected chi connectivity index (χ2v) is 3.25. The summed E-state index contributed by atoms with van der Waals surface area (Å²) in [6.07, 6.45) is 1.78. The Morgan fingerprint density at radius 1 is 1.55 bits per heavy atom. The molecule has 56 valence electrons. The van der Waals surface area contributed by atoms with Crippen molar-refractivity contribution >= 4 is 33.8 Å². The number of aromatic nitrogens is 3. The first-order chi connectivity index (χ1) is 5.29. The molecule has 11 heavy (non-hydrogen) atoms. The van der Waals surface area contributed by atoms with Crippen LogP contribution < -0.4 is 0 Å². The number of imidazole rings is 1. The number of fused-ring (bicyclic) bond motifs is 1. The molecule has 2 aromatic heterocycles. The van der Waals surface area contributed by atoms with E-state index in [0.717, 1.165) is 15.0 Å². The Balaban J connectivity index is 2.92. The summed E-state index contributed by atoms with van der Waals surface area (Å²) in [4.78, 5) is 8.50. The maximum atomic E-state index is 4.30. The lowest BCUT2D eigenvalue weighted by molar-refractivity contribution is 0.894. The van der Waals surface area contributed by atoms with Gasteiger partial charge in [-0.1, -0.05) is 0 Å². The summed E-state index contributed by atoms with van der Waals surface area (Å²) < 4.78 is 2.94. The molecular weight excluding hydrogens is 253 g/mol. The molecule has 0 saturated heterocycles. The maximum absolute atomic E-state index is 4.30. The number of halogens is 1. The minimum absolute atomic E-state index is 0.942. The van der Waals surface area contributed by atoms with E-state index < -0.39 is 0 Å². The molecule has 0 aliphatic heterocycles. The number of rotatable bonds is 0. The van der Waals surface area contributed by atoms with E-state index in [9.17, 15) is 0 Å². The topological polar surface area (TPSA) is 30.7 Å². The molecule has 0 radical (unpaired) electrons. The first-order valence-electron chi connectivity index (χ1n) is 3.22. The molecule has 4 heteroatoms. The Morgan fingerprint density at radius 3 is 3.09 bits per heavy atom. The van der Waals surface area contributed by atoms with Crippen LogP contribution in [0.2, 0.25) is 0 Å². The summed E-state index contributed by atoms with van der Waals surface area (Å²) >= 11 is 2.19. The third-order valence-corrected chi connectivity index (χ3v) is 2.54. The lowest BCUT2D eigenvalue weighted by atomic mass is 10.4. The predicted octanol–water partition coefficient (Wildman–Crippen LogP) is 1.57. The van der Waals surface area contributed by atoms with E-state index in [2.05, 4.69) is 32.6 Å². The van der Waals surface area contributed by atoms with Gasteiger partial charge in [-0.3, -0.25) is 0 Å². The maximum Gasteiger partial charge on any atom is 0.173 e.